The monoisotopic (exact) mass is 280 g/mol. The maximum absolute atomic E-state index is 11.4. The SMILES string of the molecule is COc1ccc([C@H]2NC(=O)OCC2(C)C)cc1[N+](=O)[O-]. The fraction of sp³-hybridized carbons (Fsp3) is 0.462. The van der Waals surface area contributed by atoms with Crippen LogP contribution in [-0.2, 0) is 4.74 Å². The standard InChI is InChI=1S/C13H16N2O5/c1-13(2)7-20-12(16)14-11(13)8-4-5-10(19-3)9(6-8)15(17)18/h4-6,11H,7H2,1-3H3,(H,14,16)/t11-/m1/s1. The van der Waals surface area contributed by atoms with Crippen LogP contribution in [0.1, 0.15) is 25.5 Å². The minimum atomic E-state index is -0.521. The van der Waals surface area contributed by atoms with Crippen LogP contribution < -0.4 is 10.1 Å². The number of methoxy groups -OCH3 is 1. The summed E-state index contributed by atoms with van der Waals surface area (Å²) in [6.07, 6.45) is -0.521. The lowest BCUT2D eigenvalue weighted by atomic mass is 9.80. The third-order valence-electron chi connectivity index (χ3n) is 3.35. The topological polar surface area (TPSA) is 90.7 Å². The number of nitro benzene ring substituents is 1. The Morgan fingerprint density at radius 1 is 1.50 bits per heavy atom. The quantitative estimate of drug-likeness (QED) is 0.678. The third-order valence-corrected chi connectivity index (χ3v) is 3.35. The molecule has 7 heteroatoms. The van der Waals surface area contributed by atoms with E-state index in [9.17, 15) is 14.9 Å². The van der Waals surface area contributed by atoms with E-state index in [1.165, 1.54) is 19.2 Å². The first-order valence-corrected chi connectivity index (χ1v) is 6.11. The highest BCUT2D eigenvalue weighted by molar-refractivity contribution is 5.69. The number of hydrogen-bond acceptors (Lipinski definition) is 5. The van der Waals surface area contributed by atoms with Gasteiger partial charge in [-0.1, -0.05) is 19.9 Å². The van der Waals surface area contributed by atoms with E-state index in [4.69, 9.17) is 9.47 Å². The van der Waals surface area contributed by atoms with Crippen LogP contribution in [0.25, 0.3) is 0 Å². The molecule has 0 bridgehead atoms. The fourth-order valence-electron chi connectivity index (χ4n) is 2.25. The lowest BCUT2D eigenvalue weighted by molar-refractivity contribution is -0.385. The zero-order valence-corrected chi connectivity index (χ0v) is 11.5. The first-order chi connectivity index (χ1) is 9.35. The Morgan fingerprint density at radius 2 is 2.20 bits per heavy atom. The summed E-state index contributed by atoms with van der Waals surface area (Å²) in [5.41, 5.74) is 0.164. The predicted octanol–water partition coefficient (Wildman–Crippen LogP) is 2.41. The number of ether oxygens (including phenoxy) is 2. The Hall–Kier alpha value is -2.31. The van der Waals surface area contributed by atoms with Crippen molar-refractivity contribution in [2.75, 3.05) is 13.7 Å². The molecule has 1 aromatic rings. The molecule has 2 rings (SSSR count). The van der Waals surface area contributed by atoms with Crippen LogP contribution >= 0.6 is 0 Å². The van der Waals surface area contributed by atoms with Crippen molar-refractivity contribution in [3.63, 3.8) is 0 Å². The Morgan fingerprint density at radius 3 is 2.80 bits per heavy atom. The van der Waals surface area contributed by atoms with Crippen LogP contribution in [0.2, 0.25) is 0 Å². The Balaban J connectivity index is 2.43. The molecule has 0 aromatic heterocycles. The van der Waals surface area contributed by atoms with Crippen molar-refractivity contribution in [3.05, 3.63) is 33.9 Å². The van der Waals surface area contributed by atoms with Gasteiger partial charge in [0, 0.05) is 11.5 Å². The van der Waals surface area contributed by atoms with Gasteiger partial charge < -0.3 is 14.8 Å². The maximum Gasteiger partial charge on any atom is 0.407 e. The number of benzene rings is 1. The molecule has 0 unspecified atom stereocenters. The van der Waals surface area contributed by atoms with E-state index >= 15 is 0 Å². The highest BCUT2D eigenvalue weighted by atomic mass is 16.6. The average molecular weight is 280 g/mol. The summed E-state index contributed by atoms with van der Waals surface area (Å²) < 4.78 is 9.93. The molecule has 0 radical (unpaired) electrons. The molecule has 1 saturated heterocycles. The van der Waals surface area contributed by atoms with E-state index in [-0.39, 0.29) is 29.5 Å². The van der Waals surface area contributed by atoms with Crippen LogP contribution in [0.4, 0.5) is 10.5 Å². The van der Waals surface area contributed by atoms with E-state index in [2.05, 4.69) is 5.32 Å². The number of rotatable bonds is 3. The van der Waals surface area contributed by atoms with Gasteiger partial charge in [-0.15, -0.1) is 0 Å². The summed E-state index contributed by atoms with van der Waals surface area (Å²) >= 11 is 0. The molecule has 1 amide bonds. The van der Waals surface area contributed by atoms with Gasteiger partial charge in [0.05, 0.1) is 18.1 Å². The molecule has 7 nitrogen and oxygen atoms in total. The number of carbonyl (C=O) groups excluding carboxylic acids is 1. The molecule has 108 valence electrons. The molecule has 1 aliphatic heterocycles. The summed E-state index contributed by atoms with van der Waals surface area (Å²) in [6.45, 7) is 4.10. The van der Waals surface area contributed by atoms with E-state index in [1.807, 2.05) is 13.8 Å². The van der Waals surface area contributed by atoms with Gasteiger partial charge in [-0.05, 0) is 11.6 Å². The molecule has 0 spiro atoms. The molecule has 1 aliphatic rings. The fourth-order valence-corrected chi connectivity index (χ4v) is 2.25. The zero-order chi connectivity index (χ0) is 14.9. The first-order valence-electron chi connectivity index (χ1n) is 6.11. The van der Waals surface area contributed by atoms with Crippen molar-refractivity contribution < 1.29 is 19.2 Å². The second-order valence-electron chi connectivity index (χ2n) is 5.33. The van der Waals surface area contributed by atoms with Crippen LogP contribution in [0.3, 0.4) is 0 Å². The van der Waals surface area contributed by atoms with E-state index in [0.29, 0.717) is 5.56 Å². The van der Waals surface area contributed by atoms with Gasteiger partial charge >= 0.3 is 11.8 Å². The van der Waals surface area contributed by atoms with Crippen LogP contribution in [-0.4, -0.2) is 24.7 Å². The van der Waals surface area contributed by atoms with Crippen molar-refractivity contribution in [2.45, 2.75) is 19.9 Å². The number of carbonyl (C=O) groups is 1. The predicted molar refractivity (Wildman–Crippen MR) is 70.7 cm³/mol. The second kappa shape index (κ2) is 4.99. The number of hydrogen-bond donors (Lipinski definition) is 1. The van der Waals surface area contributed by atoms with Crippen LogP contribution in [0.15, 0.2) is 18.2 Å². The molecule has 0 aliphatic carbocycles. The lowest BCUT2D eigenvalue weighted by Gasteiger charge is -2.38. The van der Waals surface area contributed by atoms with Crippen molar-refractivity contribution >= 4 is 11.8 Å². The molecule has 1 heterocycles. The molecule has 1 atom stereocenters. The normalized spacial score (nSPS) is 20.8. The lowest BCUT2D eigenvalue weighted by Crippen LogP contribution is -2.46. The molecule has 1 aromatic carbocycles. The highest BCUT2D eigenvalue weighted by Crippen LogP contribution is 2.39. The number of nitrogens with one attached hydrogen (secondary N) is 1. The molecule has 1 N–H and O–H groups in total. The average Bonchev–Trinajstić information content (AvgIpc) is 2.40. The smallest absolute Gasteiger partial charge is 0.407 e. The number of nitro groups is 1. The summed E-state index contributed by atoms with van der Waals surface area (Å²) in [5.74, 6) is 0.190. The molecule has 0 saturated carbocycles. The number of amides is 1. The van der Waals surface area contributed by atoms with Crippen molar-refractivity contribution in [1.29, 1.82) is 0 Å². The number of alkyl carbamates (subject to hydrolysis) is 1. The summed E-state index contributed by atoms with van der Waals surface area (Å²) in [6, 6.07) is 4.32. The van der Waals surface area contributed by atoms with Crippen molar-refractivity contribution in [2.24, 2.45) is 5.41 Å². The molecule has 20 heavy (non-hydrogen) atoms. The molecular weight excluding hydrogens is 264 g/mol. The van der Waals surface area contributed by atoms with Gasteiger partial charge in [0.1, 0.15) is 6.61 Å². The number of nitrogens with zero attached hydrogens (tertiary/aromatic N) is 1. The van der Waals surface area contributed by atoms with Crippen molar-refractivity contribution in [1.82, 2.24) is 5.32 Å². The maximum atomic E-state index is 11.4. The van der Waals surface area contributed by atoms with Gasteiger partial charge in [0.2, 0.25) is 0 Å². The van der Waals surface area contributed by atoms with Gasteiger partial charge in [0.25, 0.3) is 0 Å². The zero-order valence-electron chi connectivity index (χ0n) is 11.5. The van der Waals surface area contributed by atoms with Gasteiger partial charge in [-0.3, -0.25) is 10.1 Å². The van der Waals surface area contributed by atoms with E-state index in [1.54, 1.807) is 6.07 Å². The summed E-state index contributed by atoms with van der Waals surface area (Å²) in [7, 11) is 1.38. The molecule has 1 fully saturated rings. The Labute approximate surface area is 116 Å². The minimum absolute atomic E-state index is 0.124. The van der Waals surface area contributed by atoms with Crippen molar-refractivity contribution in [3.8, 4) is 5.75 Å². The minimum Gasteiger partial charge on any atom is -0.490 e. The first kappa shape index (κ1) is 14.1. The van der Waals surface area contributed by atoms with E-state index < -0.39 is 11.0 Å². The summed E-state index contributed by atoms with van der Waals surface area (Å²) in [5, 5.41) is 13.8. The Kier molecular flexibility index (Phi) is 3.52. The van der Waals surface area contributed by atoms with Crippen LogP contribution in [0.5, 0.6) is 5.75 Å². The third kappa shape index (κ3) is 2.52. The number of cyclic esters (lactones) is 1. The molecular formula is C13H16N2O5. The summed E-state index contributed by atoms with van der Waals surface area (Å²) in [4.78, 5) is 21.9. The largest absolute Gasteiger partial charge is 0.490 e. The van der Waals surface area contributed by atoms with Gasteiger partial charge in [-0.25, -0.2) is 4.79 Å². The van der Waals surface area contributed by atoms with E-state index in [0.717, 1.165) is 0 Å². The highest BCUT2D eigenvalue weighted by Gasteiger charge is 2.38. The van der Waals surface area contributed by atoms with Gasteiger partial charge in [-0.2, -0.15) is 0 Å². The van der Waals surface area contributed by atoms with Crippen LogP contribution in [0, 0.1) is 15.5 Å². The second-order valence-corrected chi connectivity index (χ2v) is 5.33. The van der Waals surface area contributed by atoms with Gasteiger partial charge in [0.15, 0.2) is 5.75 Å². The Bertz CT molecular complexity index is 556.